The largest absolute Gasteiger partial charge is 0.462 e. The molecule has 0 saturated carbocycles. The molecule has 0 bridgehead atoms. The Morgan fingerprint density at radius 3 is 2.59 bits per heavy atom. The molecule has 0 aliphatic carbocycles. The lowest BCUT2D eigenvalue weighted by atomic mass is 10.2. The first-order chi connectivity index (χ1) is 15.3. The second-order valence-electron chi connectivity index (χ2n) is 7.53. The summed E-state index contributed by atoms with van der Waals surface area (Å²) in [5, 5.41) is 5.01. The Hall–Kier alpha value is -3.52. The van der Waals surface area contributed by atoms with E-state index in [0.717, 1.165) is 37.9 Å². The summed E-state index contributed by atoms with van der Waals surface area (Å²) in [6.07, 6.45) is 3.14. The number of aryl methyl sites for hydroxylation is 3. The lowest BCUT2D eigenvalue weighted by Crippen LogP contribution is -2.17. The summed E-state index contributed by atoms with van der Waals surface area (Å²) in [5.41, 5.74) is 5.10. The molecule has 0 N–H and O–H groups in total. The Morgan fingerprint density at radius 1 is 1.19 bits per heavy atom. The standard InChI is InChI=1S/C24H24N4O3S/c1-6-31-24(30)18-7-9-20(10-8-18)28-14(2)11-19(16(28)4)12-26-27-13-25-22-21(23(27)29)15(3)17(5)32-22/h7-13H,6H2,1-5H3/b26-12+. The third-order valence-electron chi connectivity index (χ3n) is 5.50. The molecule has 1 aromatic carbocycles. The highest BCUT2D eigenvalue weighted by Gasteiger charge is 2.13. The van der Waals surface area contributed by atoms with Crippen LogP contribution in [-0.2, 0) is 4.74 Å². The van der Waals surface area contributed by atoms with Gasteiger partial charge in [-0.15, -0.1) is 11.3 Å². The van der Waals surface area contributed by atoms with Crippen molar-refractivity contribution in [3.63, 3.8) is 0 Å². The van der Waals surface area contributed by atoms with Crippen molar-refractivity contribution in [3.05, 3.63) is 80.0 Å². The summed E-state index contributed by atoms with van der Waals surface area (Å²) in [4.78, 5) is 31.0. The van der Waals surface area contributed by atoms with Crippen LogP contribution in [0, 0.1) is 27.7 Å². The Balaban J connectivity index is 1.67. The maximum absolute atomic E-state index is 12.9. The highest BCUT2D eigenvalue weighted by Crippen LogP contribution is 2.25. The van der Waals surface area contributed by atoms with Crippen LogP contribution in [0.3, 0.4) is 0 Å². The number of hydrogen-bond acceptors (Lipinski definition) is 6. The number of carbonyl (C=O) groups excluding carboxylic acids is 1. The van der Waals surface area contributed by atoms with Gasteiger partial charge in [0.1, 0.15) is 11.2 Å². The average Bonchev–Trinajstić information content (AvgIpc) is 3.22. The summed E-state index contributed by atoms with van der Waals surface area (Å²) in [7, 11) is 0. The van der Waals surface area contributed by atoms with Crippen LogP contribution < -0.4 is 5.56 Å². The normalized spacial score (nSPS) is 11.5. The van der Waals surface area contributed by atoms with Crippen LogP contribution in [0.4, 0.5) is 0 Å². The molecule has 0 aliphatic rings. The number of aromatic nitrogens is 3. The van der Waals surface area contributed by atoms with Crippen LogP contribution in [0.25, 0.3) is 15.9 Å². The van der Waals surface area contributed by atoms with Crippen molar-refractivity contribution in [1.82, 2.24) is 14.2 Å². The molecule has 0 radical (unpaired) electrons. The Kier molecular flexibility index (Phi) is 5.80. The van der Waals surface area contributed by atoms with E-state index in [1.54, 1.807) is 25.3 Å². The number of thiophene rings is 1. The topological polar surface area (TPSA) is 78.5 Å². The van der Waals surface area contributed by atoms with E-state index in [-0.39, 0.29) is 11.5 Å². The summed E-state index contributed by atoms with van der Waals surface area (Å²) in [5.74, 6) is -0.333. The second kappa shape index (κ2) is 8.55. The highest BCUT2D eigenvalue weighted by molar-refractivity contribution is 7.18. The minimum atomic E-state index is -0.333. The van der Waals surface area contributed by atoms with Gasteiger partial charge in [-0.2, -0.15) is 9.78 Å². The summed E-state index contributed by atoms with van der Waals surface area (Å²) < 4.78 is 8.40. The van der Waals surface area contributed by atoms with Crippen LogP contribution in [0.5, 0.6) is 0 Å². The van der Waals surface area contributed by atoms with E-state index in [1.807, 2.05) is 45.9 Å². The molecule has 3 heterocycles. The minimum absolute atomic E-state index is 0.170. The molecule has 0 aliphatic heterocycles. The Labute approximate surface area is 189 Å². The number of nitrogens with zero attached hydrogens (tertiary/aromatic N) is 4. The van der Waals surface area contributed by atoms with Crippen molar-refractivity contribution in [2.45, 2.75) is 34.6 Å². The molecule has 0 atom stereocenters. The number of esters is 1. The number of carbonyl (C=O) groups is 1. The van der Waals surface area contributed by atoms with Gasteiger partial charge >= 0.3 is 5.97 Å². The predicted octanol–water partition coefficient (Wildman–Crippen LogP) is 4.54. The van der Waals surface area contributed by atoms with Gasteiger partial charge in [0.15, 0.2) is 0 Å². The van der Waals surface area contributed by atoms with Crippen molar-refractivity contribution in [1.29, 1.82) is 0 Å². The maximum Gasteiger partial charge on any atom is 0.338 e. The Bertz CT molecular complexity index is 1410. The van der Waals surface area contributed by atoms with Gasteiger partial charge < -0.3 is 9.30 Å². The zero-order valence-corrected chi connectivity index (χ0v) is 19.5. The van der Waals surface area contributed by atoms with Gasteiger partial charge in [0.25, 0.3) is 5.56 Å². The fraction of sp³-hybridized carbons (Fsp3) is 0.250. The fourth-order valence-electron chi connectivity index (χ4n) is 3.71. The third-order valence-corrected chi connectivity index (χ3v) is 6.62. The number of rotatable bonds is 5. The number of benzene rings is 1. The zero-order valence-electron chi connectivity index (χ0n) is 18.7. The van der Waals surface area contributed by atoms with Crippen molar-refractivity contribution >= 4 is 33.7 Å². The molecule has 0 saturated heterocycles. The molecule has 0 fully saturated rings. The van der Waals surface area contributed by atoms with Crippen LogP contribution in [0.15, 0.2) is 46.6 Å². The predicted molar refractivity (Wildman–Crippen MR) is 128 cm³/mol. The van der Waals surface area contributed by atoms with Crippen molar-refractivity contribution < 1.29 is 9.53 Å². The van der Waals surface area contributed by atoms with E-state index in [0.29, 0.717) is 17.6 Å². The van der Waals surface area contributed by atoms with E-state index in [4.69, 9.17) is 4.74 Å². The smallest absolute Gasteiger partial charge is 0.338 e. The van der Waals surface area contributed by atoms with E-state index in [9.17, 15) is 9.59 Å². The SMILES string of the molecule is CCOC(=O)c1ccc(-n2c(C)cc(/C=N/n3cnc4sc(C)c(C)c4c3=O)c2C)cc1. The monoisotopic (exact) mass is 448 g/mol. The van der Waals surface area contributed by atoms with Gasteiger partial charge in [-0.3, -0.25) is 4.79 Å². The molecule has 3 aromatic heterocycles. The van der Waals surface area contributed by atoms with Gasteiger partial charge in [0.2, 0.25) is 0 Å². The molecule has 0 unspecified atom stereocenters. The van der Waals surface area contributed by atoms with Gasteiger partial charge in [0.05, 0.1) is 23.8 Å². The number of hydrogen-bond donors (Lipinski definition) is 0. The lowest BCUT2D eigenvalue weighted by molar-refractivity contribution is 0.0526. The van der Waals surface area contributed by atoms with Gasteiger partial charge in [-0.1, -0.05) is 0 Å². The summed E-state index contributed by atoms with van der Waals surface area (Å²) in [6, 6.07) is 9.29. The van der Waals surface area contributed by atoms with Crippen molar-refractivity contribution in [2.75, 3.05) is 6.61 Å². The minimum Gasteiger partial charge on any atom is -0.462 e. The summed E-state index contributed by atoms with van der Waals surface area (Å²) >= 11 is 1.52. The first-order valence-electron chi connectivity index (χ1n) is 10.3. The van der Waals surface area contributed by atoms with E-state index < -0.39 is 0 Å². The number of ether oxygens (including phenoxy) is 1. The van der Waals surface area contributed by atoms with Gasteiger partial charge in [-0.25, -0.2) is 9.78 Å². The van der Waals surface area contributed by atoms with Crippen LogP contribution in [0.2, 0.25) is 0 Å². The summed E-state index contributed by atoms with van der Waals surface area (Å²) in [6.45, 7) is 10.0. The molecule has 0 spiro atoms. The molecule has 164 valence electrons. The van der Waals surface area contributed by atoms with Gasteiger partial charge in [0, 0.05) is 27.5 Å². The maximum atomic E-state index is 12.9. The second-order valence-corrected chi connectivity index (χ2v) is 8.73. The first-order valence-corrected chi connectivity index (χ1v) is 11.1. The lowest BCUT2D eigenvalue weighted by Gasteiger charge is -2.10. The van der Waals surface area contributed by atoms with Crippen LogP contribution in [0.1, 0.15) is 44.7 Å². The molecule has 4 rings (SSSR count). The highest BCUT2D eigenvalue weighted by atomic mass is 32.1. The van der Waals surface area contributed by atoms with Crippen LogP contribution >= 0.6 is 11.3 Å². The zero-order chi connectivity index (χ0) is 23.0. The average molecular weight is 449 g/mol. The van der Waals surface area contributed by atoms with Crippen molar-refractivity contribution in [3.8, 4) is 5.69 Å². The molecule has 32 heavy (non-hydrogen) atoms. The first kappa shape index (κ1) is 21.7. The van der Waals surface area contributed by atoms with Gasteiger partial charge in [-0.05, 0) is 70.5 Å². The van der Waals surface area contributed by atoms with E-state index >= 15 is 0 Å². The molecule has 7 nitrogen and oxygen atoms in total. The fourth-order valence-corrected chi connectivity index (χ4v) is 4.70. The molecule has 0 amide bonds. The number of fused-ring (bicyclic) bond motifs is 1. The molecular weight excluding hydrogens is 424 g/mol. The quantitative estimate of drug-likeness (QED) is 0.332. The molecular formula is C24H24N4O3S. The molecule has 4 aromatic rings. The third kappa shape index (κ3) is 3.78. The Morgan fingerprint density at radius 2 is 1.91 bits per heavy atom. The van der Waals surface area contributed by atoms with Crippen molar-refractivity contribution in [2.24, 2.45) is 5.10 Å². The van der Waals surface area contributed by atoms with Crippen LogP contribution in [-0.4, -0.2) is 33.0 Å². The molecule has 8 heteroatoms. The van der Waals surface area contributed by atoms with E-state index in [1.165, 1.54) is 22.3 Å². The van der Waals surface area contributed by atoms with E-state index in [2.05, 4.69) is 14.7 Å².